The SMILES string of the molecule is CC(CNC(=O)N(C)CCC(=O)O)Oc1cccc(Cl)c1. The lowest BCUT2D eigenvalue weighted by atomic mass is 10.3. The second-order valence-electron chi connectivity index (χ2n) is 4.64. The van der Waals surface area contributed by atoms with Gasteiger partial charge in [0, 0.05) is 18.6 Å². The van der Waals surface area contributed by atoms with E-state index in [-0.39, 0.29) is 25.1 Å². The molecule has 21 heavy (non-hydrogen) atoms. The fourth-order valence-corrected chi connectivity index (χ4v) is 1.73. The van der Waals surface area contributed by atoms with Crippen LogP contribution in [0.1, 0.15) is 13.3 Å². The molecule has 0 aromatic heterocycles. The second kappa shape index (κ2) is 8.36. The van der Waals surface area contributed by atoms with Crippen LogP contribution in [-0.2, 0) is 4.79 Å². The van der Waals surface area contributed by atoms with E-state index in [1.165, 1.54) is 4.90 Å². The van der Waals surface area contributed by atoms with Gasteiger partial charge in [-0.1, -0.05) is 17.7 Å². The number of rotatable bonds is 7. The molecule has 1 rings (SSSR count). The average molecular weight is 315 g/mol. The molecule has 0 aliphatic carbocycles. The third kappa shape index (κ3) is 6.85. The van der Waals surface area contributed by atoms with Crippen molar-refractivity contribution in [2.45, 2.75) is 19.4 Å². The molecule has 6 nitrogen and oxygen atoms in total. The van der Waals surface area contributed by atoms with Crippen molar-refractivity contribution in [3.05, 3.63) is 29.3 Å². The van der Waals surface area contributed by atoms with Crippen LogP contribution in [-0.4, -0.2) is 48.2 Å². The zero-order chi connectivity index (χ0) is 15.8. The molecule has 0 heterocycles. The molecule has 0 radical (unpaired) electrons. The van der Waals surface area contributed by atoms with Crippen molar-refractivity contribution in [3.63, 3.8) is 0 Å². The molecule has 0 aliphatic heterocycles. The van der Waals surface area contributed by atoms with Gasteiger partial charge in [0.15, 0.2) is 0 Å². The topological polar surface area (TPSA) is 78.9 Å². The molecule has 2 amide bonds. The number of amides is 2. The summed E-state index contributed by atoms with van der Waals surface area (Å²) >= 11 is 5.85. The summed E-state index contributed by atoms with van der Waals surface area (Å²) in [6.07, 6.45) is -0.321. The van der Waals surface area contributed by atoms with Gasteiger partial charge in [-0.2, -0.15) is 0 Å². The van der Waals surface area contributed by atoms with E-state index in [0.29, 0.717) is 17.3 Å². The Morgan fingerprint density at radius 3 is 2.81 bits per heavy atom. The van der Waals surface area contributed by atoms with Crippen molar-refractivity contribution in [2.24, 2.45) is 0 Å². The monoisotopic (exact) mass is 314 g/mol. The number of ether oxygens (including phenoxy) is 1. The molecule has 0 saturated heterocycles. The van der Waals surface area contributed by atoms with Crippen molar-refractivity contribution in [1.82, 2.24) is 10.2 Å². The molecule has 2 N–H and O–H groups in total. The summed E-state index contributed by atoms with van der Waals surface area (Å²) in [4.78, 5) is 23.5. The molecule has 0 bridgehead atoms. The molecule has 0 saturated carbocycles. The summed E-state index contributed by atoms with van der Waals surface area (Å²) in [7, 11) is 1.54. The summed E-state index contributed by atoms with van der Waals surface area (Å²) in [6.45, 7) is 2.28. The van der Waals surface area contributed by atoms with Gasteiger partial charge < -0.3 is 20.1 Å². The van der Waals surface area contributed by atoms with Gasteiger partial charge >= 0.3 is 12.0 Å². The lowest BCUT2D eigenvalue weighted by Gasteiger charge is -2.20. The van der Waals surface area contributed by atoms with Crippen LogP contribution in [0.4, 0.5) is 4.79 Å². The van der Waals surface area contributed by atoms with Crippen LogP contribution < -0.4 is 10.1 Å². The van der Waals surface area contributed by atoms with Gasteiger partial charge in [0.05, 0.1) is 13.0 Å². The van der Waals surface area contributed by atoms with Gasteiger partial charge in [0.1, 0.15) is 11.9 Å². The van der Waals surface area contributed by atoms with E-state index < -0.39 is 5.97 Å². The highest BCUT2D eigenvalue weighted by molar-refractivity contribution is 6.30. The van der Waals surface area contributed by atoms with Crippen LogP contribution in [0.5, 0.6) is 5.75 Å². The molecule has 116 valence electrons. The first kappa shape index (κ1) is 17.1. The predicted molar refractivity (Wildman–Crippen MR) is 79.8 cm³/mol. The number of carbonyl (C=O) groups is 2. The first-order valence-corrected chi connectivity index (χ1v) is 6.89. The molecule has 0 fully saturated rings. The third-order valence-corrected chi connectivity index (χ3v) is 2.92. The first-order chi connectivity index (χ1) is 9.88. The molecule has 0 spiro atoms. The molecule has 1 atom stereocenters. The smallest absolute Gasteiger partial charge is 0.317 e. The molecule has 7 heteroatoms. The van der Waals surface area contributed by atoms with Crippen molar-refractivity contribution in [3.8, 4) is 5.75 Å². The maximum Gasteiger partial charge on any atom is 0.317 e. The number of hydrogen-bond donors (Lipinski definition) is 2. The van der Waals surface area contributed by atoms with Crippen molar-refractivity contribution >= 4 is 23.6 Å². The van der Waals surface area contributed by atoms with E-state index >= 15 is 0 Å². The lowest BCUT2D eigenvalue weighted by molar-refractivity contribution is -0.137. The Balaban J connectivity index is 2.33. The number of carbonyl (C=O) groups excluding carboxylic acids is 1. The molecular formula is C14H19ClN2O4. The van der Waals surface area contributed by atoms with Gasteiger partial charge in [0.25, 0.3) is 0 Å². The molecule has 1 aromatic rings. The van der Waals surface area contributed by atoms with E-state index in [1.807, 2.05) is 6.92 Å². The minimum Gasteiger partial charge on any atom is -0.489 e. The minimum absolute atomic E-state index is 0.0848. The lowest BCUT2D eigenvalue weighted by Crippen LogP contribution is -2.42. The zero-order valence-corrected chi connectivity index (χ0v) is 12.8. The number of carboxylic acid groups (broad SMARTS) is 1. The molecule has 1 aromatic carbocycles. The standard InChI is InChI=1S/C14H19ClN2O4/c1-10(21-12-5-3-4-11(15)8-12)9-16-14(20)17(2)7-6-13(18)19/h3-5,8,10H,6-7,9H2,1-2H3,(H,16,20)(H,18,19). The Morgan fingerprint density at radius 2 is 2.19 bits per heavy atom. The first-order valence-electron chi connectivity index (χ1n) is 6.51. The van der Waals surface area contributed by atoms with Gasteiger partial charge in [0.2, 0.25) is 0 Å². The Labute approximate surface area is 128 Å². The van der Waals surface area contributed by atoms with Crippen molar-refractivity contribution in [2.75, 3.05) is 20.1 Å². The predicted octanol–water partition coefficient (Wildman–Crippen LogP) is 2.22. The average Bonchev–Trinajstić information content (AvgIpc) is 2.42. The highest BCUT2D eigenvalue weighted by atomic mass is 35.5. The maximum atomic E-state index is 11.7. The minimum atomic E-state index is -0.938. The van der Waals surface area contributed by atoms with Gasteiger partial charge in [-0.25, -0.2) is 4.79 Å². The Kier molecular flexibility index (Phi) is 6.81. The highest BCUT2D eigenvalue weighted by Crippen LogP contribution is 2.18. The summed E-state index contributed by atoms with van der Waals surface area (Å²) in [6, 6.07) is 6.67. The number of hydrogen-bond acceptors (Lipinski definition) is 3. The van der Waals surface area contributed by atoms with Crippen LogP contribution in [0.3, 0.4) is 0 Å². The molecule has 0 aliphatic rings. The van der Waals surface area contributed by atoms with Crippen LogP contribution in [0.25, 0.3) is 0 Å². The fraction of sp³-hybridized carbons (Fsp3) is 0.429. The van der Waals surface area contributed by atoms with E-state index in [0.717, 1.165) is 0 Å². The van der Waals surface area contributed by atoms with Crippen LogP contribution in [0.15, 0.2) is 24.3 Å². The fourth-order valence-electron chi connectivity index (χ4n) is 1.55. The van der Waals surface area contributed by atoms with Gasteiger partial charge in [-0.15, -0.1) is 0 Å². The maximum absolute atomic E-state index is 11.7. The quantitative estimate of drug-likeness (QED) is 0.809. The number of halogens is 1. The Bertz CT molecular complexity index is 496. The van der Waals surface area contributed by atoms with Gasteiger partial charge in [-0.3, -0.25) is 4.79 Å². The van der Waals surface area contributed by atoms with Crippen LogP contribution in [0, 0.1) is 0 Å². The summed E-state index contributed by atoms with van der Waals surface area (Å²) < 4.78 is 5.61. The summed E-state index contributed by atoms with van der Waals surface area (Å²) in [5.74, 6) is -0.309. The third-order valence-electron chi connectivity index (χ3n) is 2.68. The summed E-state index contributed by atoms with van der Waals surface area (Å²) in [5, 5.41) is 11.8. The summed E-state index contributed by atoms with van der Waals surface area (Å²) in [5.41, 5.74) is 0. The molecule has 1 unspecified atom stereocenters. The highest BCUT2D eigenvalue weighted by Gasteiger charge is 2.12. The van der Waals surface area contributed by atoms with Crippen molar-refractivity contribution in [1.29, 1.82) is 0 Å². The van der Waals surface area contributed by atoms with E-state index in [4.69, 9.17) is 21.4 Å². The second-order valence-corrected chi connectivity index (χ2v) is 5.07. The number of urea groups is 1. The van der Waals surface area contributed by atoms with Crippen LogP contribution >= 0.6 is 11.6 Å². The normalized spacial score (nSPS) is 11.6. The van der Waals surface area contributed by atoms with E-state index in [2.05, 4.69) is 5.32 Å². The van der Waals surface area contributed by atoms with Crippen LogP contribution in [0.2, 0.25) is 5.02 Å². The number of nitrogens with one attached hydrogen (secondary N) is 1. The Morgan fingerprint density at radius 1 is 1.48 bits per heavy atom. The number of carboxylic acids is 1. The number of nitrogens with zero attached hydrogens (tertiary/aromatic N) is 1. The number of benzene rings is 1. The largest absolute Gasteiger partial charge is 0.489 e. The molecular weight excluding hydrogens is 296 g/mol. The zero-order valence-electron chi connectivity index (χ0n) is 12.0. The Hall–Kier alpha value is -1.95. The van der Waals surface area contributed by atoms with Gasteiger partial charge in [-0.05, 0) is 25.1 Å². The van der Waals surface area contributed by atoms with E-state index in [9.17, 15) is 9.59 Å². The number of aliphatic carboxylic acids is 1. The van der Waals surface area contributed by atoms with E-state index in [1.54, 1.807) is 31.3 Å². The van der Waals surface area contributed by atoms with Crippen molar-refractivity contribution < 1.29 is 19.4 Å².